The first-order chi connectivity index (χ1) is 15.0. The third-order valence-electron chi connectivity index (χ3n) is 5.37. The lowest BCUT2D eigenvalue weighted by Gasteiger charge is -2.17. The maximum absolute atomic E-state index is 12.9. The van der Waals surface area contributed by atoms with Crippen molar-refractivity contribution in [3.63, 3.8) is 0 Å². The van der Waals surface area contributed by atoms with E-state index in [9.17, 15) is 9.59 Å². The van der Waals surface area contributed by atoms with Crippen molar-refractivity contribution in [2.75, 3.05) is 12.4 Å². The molecule has 0 aliphatic heterocycles. The number of nitrogens with one attached hydrogen (secondary N) is 2. The summed E-state index contributed by atoms with van der Waals surface area (Å²) in [6.45, 7) is 1.90. The predicted octanol–water partition coefficient (Wildman–Crippen LogP) is 4.98. The quantitative estimate of drug-likeness (QED) is 0.547. The molecule has 2 N–H and O–H groups in total. The standard InChI is InChI=1S/C24H24ClN3O3/c1-15(16-7-9-18(10-8-16)27-23(29)17-5-6-17)26-24(30)19-13-20(25)21(14-22(19)31-2)28-11-3-4-12-28/h3-4,7-15,17H,5-6H2,1-2H3,(H,26,30)(H,27,29). The largest absolute Gasteiger partial charge is 0.496 e. The van der Waals surface area contributed by atoms with E-state index in [1.807, 2.05) is 60.3 Å². The lowest BCUT2D eigenvalue weighted by Crippen LogP contribution is -2.27. The van der Waals surface area contributed by atoms with Gasteiger partial charge < -0.3 is 19.9 Å². The number of hydrogen-bond acceptors (Lipinski definition) is 3. The van der Waals surface area contributed by atoms with Crippen LogP contribution in [0.15, 0.2) is 60.9 Å². The second-order valence-corrected chi connectivity index (χ2v) is 8.08. The molecular formula is C24H24ClN3O3. The molecule has 0 radical (unpaired) electrons. The Labute approximate surface area is 186 Å². The Balaban J connectivity index is 1.47. The topological polar surface area (TPSA) is 72.4 Å². The number of amides is 2. The maximum Gasteiger partial charge on any atom is 0.255 e. The zero-order valence-corrected chi connectivity index (χ0v) is 18.1. The van der Waals surface area contributed by atoms with E-state index < -0.39 is 0 Å². The van der Waals surface area contributed by atoms with Crippen molar-refractivity contribution in [3.8, 4) is 11.4 Å². The fourth-order valence-corrected chi connectivity index (χ4v) is 3.65. The number of benzene rings is 2. The van der Waals surface area contributed by atoms with Gasteiger partial charge in [-0.05, 0) is 55.7 Å². The van der Waals surface area contributed by atoms with Gasteiger partial charge in [-0.1, -0.05) is 23.7 Å². The van der Waals surface area contributed by atoms with Gasteiger partial charge in [0.15, 0.2) is 0 Å². The van der Waals surface area contributed by atoms with Crippen molar-refractivity contribution < 1.29 is 14.3 Å². The molecule has 1 atom stereocenters. The van der Waals surface area contributed by atoms with E-state index >= 15 is 0 Å². The highest BCUT2D eigenvalue weighted by molar-refractivity contribution is 6.33. The van der Waals surface area contributed by atoms with Crippen molar-refractivity contribution in [2.24, 2.45) is 5.92 Å². The van der Waals surface area contributed by atoms with E-state index in [0.717, 1.165) is 29.8 Å². The summed E-state index contributed by atoms with van der Waals surface area (Å²) in [6, 6.07) is 14.4. The minimum atomic E-state index is -0.281. The van der Waals surface area contributed by atoms with Gasteiger partial charge in [0.25, 0.3) is 5.91 Å². The van der Waals surface area contributed by atoms with Crippen LogP contribution in [0, 0.1) is 5.92 Å². The predicted molar refractivity (Wildman–Crippen MR) is 121 cm³/mol. The Morgan fingerprint density at radius 2 is 1.81 bits per heavy atom. The summed E-state index contributed by atoms with van der Waals surface area (Å²) in [7, 11) is 1.53. The SMILES string of the molecule is COc1cc(-n2cccc2)c(Cl)cc1C(=O)NC(C)c1ccc(NC(=O)C2CC2)cc1. The zero-order chi connectivity index (χ0) is 22.0. The van der Waals surface area contributed by atoms with E-state index in [-0.39, 0.29) is 23.8 Å². The fourth-order valence-electron chi connectivity index (χ4n) is 3.38. The number of aromatic nitrogens is 1. The molecule has 1 heterocycles. The lowest BCUT2D eigenvalue weighted by atomic mass is 10.1. The molecule has 4 rings (SSSR count). The Hall–Kier alpha value is -3.25. The molecule has 3 aromatic rings. The average molecular weight is 438 g/mol. The molecule has 7 heteroatoms. The molecule has 0 saturated heterocycles. The molecule has 1 aliphatic rings. The fraction of sp³-hybridized carbons (Fsp3) is 0.250. The Kier molecular flexibility index (Phi) is 6.00. The number of anilines is 1. The van der Waals surface area contributed by atoms with Gasteiger partial charge in [-0.2, -0.15) is 0 Å². The summed E-state index contributed by atoms with van der Waals surface area (Å²) in [4.78, 5) is 24.8. The normalized spacial score (nSPS) is 14.0. The second kappa shape index (κ2) is 8.86. The maximum atomic E-state index is 12.9. The van der Waals surface area contributed by atoms with Crippen LogP contribution >= 0.6 is 11.6 Å². The van der Waals surface area contributed by atoms with Gasteiger partial charge in [-0.25, -0.2) is 0 Å². The molecule has 6 nitrogen and oxygen atoms in total. The summed E-state index contributed by atoms with van der Waals surface area (Å²) < 4.78 is 7.31. The Bertz CT molecular complexity index is 1090. The molecule has 2 aromatic carbocycles. The molecule has 1 fully saturated rings. The number of hydrogen-bond donors (Lipinski definition) is 2. The summed E-state index contributed by atoms with van der Waals surface area (Å²) in [5, 5.41) is 6.35. The first kappa shape index (κ1) is 21.0. The highest BCUT2D eigenvalue weighted by Crippen LogP contribution is 2.31. The van der Waals surface area contributed by atoms with E-state index in [1.165, 1.54) is 7.11 Å². The second-order valence-electron chi connectivity index (χ2n) is 7.67. The molecule has 1 saturated carbocycles. The van der Waals surface area contributed by atoms with Gasteiger partial charge in [0.2, 0.25) is 5.91 Å². The van der Waals surface area contributed by atoms with Crippen LogP contribution in [0.25, 0.3) is 5.69 Å². The summed E-state index contributed by atoms with van der Waals surface area (Å²) in [5.74, 6) is 0.386. The third kappa shape index (κ3) is 4.75. The van der Waals surface area contributed by atoms with Crippen molar-refractivity contribution in [1.29, 1.82) is 0 Å². The Morgan fingerprint density at radius 3 is 2.42 bits per heavy atom. The molecular weight excluding hydrogens is 414 g/mol. The Morgan fingerprint density at radius 1 is 1.13 bits per heavy atom. The highest BCUT2D eigenvalue weighted by atomic mass is 35.5. The van der Waals surface area contributed by atoms with Crippen LogP contribution in [-0.4, -0.2) is 23.5 Å². The van der Waals surface area contributed by atoms with Crippen LogP contribution in [0.5, 0.6) is 5.75 Å². The van der Waals surface area contributed by atoms with Crippen molar-refractivity contribution >= 4 is 29.1 Å². The molecule has 1 aliphatic carbocycles. The first-order valence-electron chi connectivity index (χ1n) is 10.2. The van der Waals surface area contributed by atoms with Crippen molar-refractivity contribution in [3.05, 3.63) is 77.1 Å². The summed E-state index contributed by atoms with van der Waals surface area (Å²) in [5.41, 5.74) is 2.78. The number of carbonyl (C=O) groups is 2. The van der Waals surface area contributed by atoms with Gasteiger partial charge in [0, 0.05) is 30.1 Å². The molecule has 1 aromatic heterocycles. The summed E-state index contributed by atoms with van der Waals surface area (Å²) in [6.07, 6.45) is 5.68. The molecule has 0 bridgehead atoms. The van der Waals surface area contributed by atoms with Gasteiger partial charge in [0.05, 0.1) is 29.4 Å². The average Bonchev–Trinajstić information content (AvgIpc) is 3.49. The lowest BCUT2D eigenvalue weighted by molar-refractivity contribution is -0.117. The monoisotopic (exact) mass is 437 g/mol. The van der Waals surface area contributed by atoms with Crippen LogP contribution in [0.1, 0.15) is 41.7 Å². The summed E-state index contributed by atoms with van der Waals surface area (Å²) >= 11 is 6.44. The van der Waals surface area contributed by atoms with Crippen molar-refractivity contribution in [1.82, 2.24) is 9.88 Å². The van der Waals surface area contributed by atoms with Crippen LogP contribution in [-0.2, 0) is 4.79 Å². The van der Waals surface area contributed by atoms with Gasteiger partial charge in [0.1, 0.15) is 5.75 Å². The first-order valence-corrected chi connectivity index (χ1v) is 10.6. The zero-order valence-electron chi connectivity index (χ0n) is 17.4. The molecule has 2 amide bonds. The van der Waals surface area contributed by atoms with E-state index in [4.69, 9.17) is 16.3 Å². The van der Waals surface area contributed by atoms with Crippen LogP contribution in [0.4, 0.5) is 5.69 Å². The minimum Gasteiger partial charge on any atom is -0.496 e. The number of ether oxygens (including phenoxy) is 1. The minimum absolute atomic E-state index is 0.0708. The number of halogens is 1. The molecule has 0 spiro atoms. The smallest absolute Gasteiger partial charge is 0.255 e. The highest BCUT2D eigenvalue weighted by Gasteiger charge is 2.29. The van der Waals surface area contributed by atoms with Gasteiger partial charge in [-0.3, -0.25) is 9.59 Å². The van der Waals surface area contributed by atoms with Crippen LogP contribution in [0.2, 0.25) is 5.02 Å². The van der Waals surface area contributed by atoms with E-state index in [2.05, 4.69) is 10.6 Å². The third-order valence-corrected chi connectivity index (χ3v) is 5.67. The van der Waals surface area contributed by atoms with Gasteiger partial charge in [-0.15, -0.1) is 0 Å². The van der Waals surface area contributed by atoms with E-state index in [0.29, 0.717) is 16.3 Å². The van der Waals surface area contributed by atoms with Crippen molar-refractivity contribution in [2.45, 2.75) is 25.8 Å². The molecule has 160 valence electrons. The van der Waals surface area contributed by atoms with Gasteiger partial charge >= 0.3 is 0 Å². The number of carbonyl (C=O) groups excluding carboxylic acids is 2. The van der Waals surface area contributed by atoms with Crippen LogP contribution < -0.4 is 15.4 Å². The number of nitrogens with zero attached hydrogens (tertiary/aromatic N) is 1. The number of methoxy groups -OCH3 is 1. The van der Waals surface area contributed by atoms with E-state index in [1.54, 1.807) is 12.1 Å². The number of rotatable bonds is 7. The van der Waals surface area contributed by atoms with Crippen LogP contribution in [0.3, 0.4) is 0 Å². The molecule has 31 heavy (non-hydrogen) atoms. The molecule has 1 unspecified atom stereocenters.